The predicted molar refractivity (Wildman–Crippen MR) is 87.8 cm³/mol. The number of benzene rings is 2. The third kappa shape index (κ3) is 4.91. The Hall–Kier alpha value is -1.67. The molecule has 0 aliphatic carbocycles. The first-order valence-corrected chi connectivity index (χ1v) is 8.87. The number of esters is 1. The van der Waals surface area contributed by atoms with E-state index in [1.165, 1.54) is 18.2 Å². The Kier molecular flexibility index (Phi) is 6.17. The Labute approximate surface area is 148 Å². The van der Waals surface area contributed by atoms with E-state index < -0.39 is 33.3 Å². The zero-order chi connectivity index (χ0) is 17.7. The standard InChI is InChI=1S/C15H12Cl2FNO4S/c16-11-6-5-10(12(17)7-11)9-23-15(20)8-19-24(21,22)14-4-2-1-3-13(14)18/h1-7,19H,8-9H2. The molecule has 2 aromatic carbocycles. The molecule has 0 saturated carbocycles. The van der Waals surface area contributed by atoms with Crippen LogP contribution in [-0.2, 0) is 26.2 Å². The molecule has 0 atom stereocenters. The molecule has 1 N–H and O–H groups in total. The first-order valence-electron chi connectivity index (χ1n) is 6.63. The summed E-state index contributed by atoms with van der Waals surface area (Å²) in [4.78, 5) is 11.1. The van der Waals surface area contributed by atoms with Crippen LogP contribution in [0.5, 0.6) is 0 Å². The second-order valence-electron chi connectivity index (χ2n) is 4.65. The van der Waals surface area contributed by atoms with E-state index in [-0.39, 0.29) is 6.61 Å². The van der Waals surface area contributed by atoms with E-state index >= 15 is 0 Å². The zero-order valence-electron chi connectivity index (χ0n) is 12.1. The highest BCUT2D eigenvalue weighted by molar-refractivity contribution is 7.89. The minimum atomic E-state index is -4.15. The Balaban J connectivity index is 1.92. The van der Waals surface area contributed by atoms with Gasteiger partial charge < -0.3 is 4.74 Å². The molecule has 5 nitrogen and oxygen atoms in total. The summed E-state index contributed by atoms with van der Waals surface area (Å²) in [6.07, 6.45) is 0. The van der Waals surface area contributed by atoms with Crippen LogP contribution in [0.3, 0.4) is 0 Å². The number of rotatable bonds is 6. The quantitative estimate of drug-likeness (QED) is 0.767. The molecular formula is C15H12Cl2FNO4S. The molecule has 0 fully saturated rings. The van der Waals surface area contributed by atoms with Gasteiger partial charge in [0.05, 0.1) is 0 Å². The van der Waals surface area contributed by atoms with Crippen LogP contribution in [-0.4, -0.2) is 20.9 Å². The highest BCUT2D eigenvalue weighted by Crippen LogP contribution is 2.21. The Morgan fingerprint density at radius 3 is 2.54 bits per heavy atom. The molecular weight excluding hydrogens is 380 g/mol. The summed E-state index contributed by atoms with van der Waals surface area (Å²) in [5, 5.41) is 0.759. The van der Waals surface area contributed by atoms with Crippen molar-refractivity contribution in [2.45, 2.75) is 11.5 Å². The Morgan fingerprint density at radius 2 is 1.88 bits per heavy atom. The van der Waals surface area contributed by atoms with Crippen LogP contribution in [0.25, 0.3) is 0 Å². The first kappa shape index (κ1) is 18.7. The van der Waals surface area contributed by atoms with Crippen molar-refractivity contribution < 1.29 is 22.3 Å². The van der Waals surface area contributed by atoms with Crippen LogP contribution in [0.1, 0.15) is 5.56 Å². The number of hydrogen-bond acceptors (Lipinski definition) is 4. The van der Waals surface area contributed by atoms with E-state index in [0.717, 1.165) is 12.1 Å². The van der Waals surface area contributed by atoms with Crippen molar-refractivity contribution in [3.63, 3.8) is 0 Å². The smallest absolute Gasteiger partial charge is 0.321 e. The average Bonchev–Trinajstić information content (AvgIpc) is 2.52. The predicted octanol–water partition coefficient (Wildman–Crippen LogP) is 3.15. The van der Waals surface area contributed by atoms with Gasteiger partial charge in [0.2, 0.25) is 10.0 Å². The lowest BCUT2D eigenvalue weighted by atomic mass is 10.2. The van der Waals surface area contributed by atoms with Crippen LogP contribution < -0.4 is 4.72 Å². The Bertz CT molecular complexity index is 858. The zero-order valence-corrected chi connectivity index (χ0v) is 14.5. The van der Waals surface area contributed by atoms with Crippen molar-refractivity contribution in [3.8, 4) is 0 Å². The van der Waals surface area contributed by atoms with Gasteiger partial charge in [-0.1, -0.05) is 41.4 Å². The van der Waals surface area contributed by atoms with Crippen LogP contribution in [0.2, 0.25) is 10.0 Å². The number of ether oxygens (including phenoxy) is 1. The molecule has 0 unspecified atom stereocenters. The van der Waals surface area contributed by atoms with Gasteiger partial charge in [0.15, 0.2) is 0 Å². The lowest BCUT2D eigenvalue weighted by molar-refractivity contribution is -0.143. The maximum Gasteiger partial charge on any atom is 0.321 e. The van der Waals surface area contributed by atoms with Crippen LogP contribution in [0.15, 0.2) is 47.4 Å². The van der Waals surface area contributed by atoms with Gasteiger partial charge >= 0.3 is 5.97 Å². The molecule has 24 heavy (non-hydrogen) atoms. The van der Waals surface area contributed by atoms with Gasteiger partial charge in [-0.2, -0.15) is 4.72 Å². The van der Waals surface area contributed by atoms with E-state index in [1.54, 1.807) is 12.1 Å². The third-order valence-electron chi connectivity index (χ3n) is 2.94. The van der Waals surface area contributed by atoms with Gasteiger partial charge in [-0.05, 0) is 24.3 Å². The van der Waals surface area contributed by atoms with Crippen molar-refractivity contribution in [1.29, 1.82) is 0 Å². The molecule has 0 aliphatic rings. The summed E-state index contributed by atoms with van der Waals surface area (Å²) >= 11 is 11.7. The topological polar surface area (TPSA) is 72.5 Å². The fraction of sp³-hybridized carbons (Fsp3) is 0.133. The van der Waals surface area contributed by atoms with Gasteiger partial charge in [-0.25, -0.2) is 12.8 Å². The molecule has 128 valence electrons. The highest BCUT2D eigenvalue weighted by atomic mass is 35.5. The molecule has 0 amide bonds. The SMILES string of the molecule is O=C(CNS(=O)(=O)c1ccccc1F)OCc1ccc(Cl)cc1Cl. The summed E-state index contributed by atoms with van der Waals surface area (Å²) in [5.74, 6) is -1.74. The van der Waals surface area contributed by atoms with Crippen LogP contribution >= 0.6 is 23.2 Å². The Morgan fingerprint density at radius 1 is 1.17 bits per heavy atom. The minimum Gasteiger partial charge on any atom is -0.460 e. The van der Waals surface area contributed by atoms with Gasteiger partial charge in [0.25, 0.3) is 0 Å². The molecule has 0 bridgehead atoms. The van der Waals surface area contributed by atoms with Gasteiger partial charge in [0, 0.05) is 15.6 Å². The van der Waals surface area contributed by atoms with Crippen molar-refractivity contribution in [2.24, 2.45) is 0 Å². The van der Waals surface area contributed by atoms with Crippen molar-refractivity contribution in [1.82, 2.24) is 4.72 Å². The van der Waals surface area contributed by atoms with Gasteiger partial charge in [0.1, 0.15) is 23.9 Å². The largest absolute Gasteiger partial charge is 0.460 e. The van der Waals surface area contributed by atoms with Gasteiger partial charge in [-0.15, -0.1) is 0 Å². The molecule has 0 saturated heterocycles. The molecule has 0 spiro atoms. The van der Waals surface area contributed by atoms with Crippen LogP contribution in [0, 0.1) is 5.82 Å². The number of carbonyl (C=O) groups is 1. The number of carbonyl (C=O) groups excluding carboxylic acids is 1. The maximum atomic E-state index is 13.5. The van der Waals surface area contributed by atoms with Crippen molar-refractivity contribution in [3.05, 3.63) is 63.9 Å². The number of halogens is 3. The average molecular weight is 392 g/mol. The van der Waals surface area contributed by atoms with Crippen molar-refractivity contribution >= 4 is 39.2 Å². The molecule has 0 heterocycles. The molecule has 2 rings (SSSR count). The normalized spacial score (nSPS) is 11.3. The van der Waals surface area contributed by atoms with E-state index in [0.29, 0.717) is 15.6 Å². The second-order valence-corrected chi connectivity index (χ2v) is 7.23. The second kappa shape index (κ2) is 7.94. The summed E-state index contributed by atoms with van der Waals surface area (Å²) in [6.45, 7) is -0.780. The third-order valence-corrected chi connectivity index (χ3v) is 4.96. The molecule has 9 heteroatoms. The van der Waals surface area contributed by atoms with Crippen LogP contribution in [0.4, 0.5) is 4.39 Å². The van der Waals surface area contributed by atoms with E-state index in [4.69, 9.17) is 27.9 Å². The lowest BCUT2D eigenvalue weighted by Gasteiger charge is -2.09. The summed E-state index contributed by atoms with van der Waals surface area (Å²) < 4.78 is 44.3. The summed E-state index contributed by atoms with van der Waals surface area (Å²) in [7, 11) is -4.15. The summed E-state index contributed by atoms with van der Waals surface area (Å²) in [5.41, 5.74) is 0.520. The highest BCUT2D eigenvalue weighted by Gasteiger charge is 2.19. The van der Waals surface area contributed by atoms with E-state index in [1.807, 2.05) is 4.72 Å². The van der Waals surface area contributed by atoms with Crippen molar-refractivity contribution in [2.75, 3.05) is 6.54 Å². The fourth-order valence-electron chi connectivity index (χ4n) is 1.74. The molecule has 0 aliphatic heterocycles. The maximum absolute atomic E-state index is 13.5. The molecule has 0 radical (unpaired) electrons. The monoisotopic (exact) mass is 391 g/mol. The first-order chi connectivity index (χ1) is 11.3. The number of sulfonamides is 1. The summed E-state index contributed by atoms with van der Waals surface area (Å²) in [6, 6.07) is 9.50. The van der Waals surface area contributed by atoms with Gasteiger partial charge in [-0.3, -0.25) is 4.79 Å². The lowest BCUT2D eigenvalue weighted by Crippen LogP contribution is -2.31. The molecule has 2 aromatic rings. The minimum absolute atomic E-state index is 0.143. The number of nitrogens with one attached hydrogen (secondary N) is 1. The van der Waals surface area contributed by atoms with E-state index in [2.05, 4.69) is 0 Å². The van der Waals surface area contributed by atoms with E-state index in [9.17, 15) is 17.6 Å². The molecule has 0 aromatic heterocycles. The number of hydrogen-bond donors (Lipinski definition) is 1. The fourth-order valence-corrected chi connectivity index (χ4v) is 3.25.